The number of nitrogens with zero attached hydrogens (tertiary/aromatic N) is 2. The fourth-order valence-corrected chi connectivity index (χ4v) is 0.860. The van der Waals surface area contributed by atoms with Crippen molar-refractivity contribution in [3.8, 4) is 0 Å². The zero-order valence-corrected chi connectivity index (χ0v) is 6.55. The molecule has 0 aliphatic carbocycles. The molecule has 1 rings (SSSR count). The van der Waals surface area contributed by atoms with Crippen LogP contribution in [0.2, 0.25) is 0 Å². The molecule has 1 aromatic heterocycles. The maximum Gasteiger partial charge on any atom is 0.297 e. The predicted molar refractivity (Wildman–Crippen MR) is 39.3 cm³/mol. The van der Waals surface area contributed by atoms with Crippen LogP contribution >= 0.6 is 0 Å². The molecular weight excluding hydrogens is 126 g/mol. The van der Waals surface area contributed by atoms with Crippen molar-refractivity contribution in [1.82, 2.24) is 4.98 Å². The fourth-order valence-electron chi connectivity index (χ4n) is 0.860. The molecule has 0 aromatic carbocycles. The number of aryl methyl sites for hydroxylation is 2. The van der Waals surface area contributed by atoms with E-state index < -0.39 is 0 Å². The second-order valence-electron chi connectivity index (χ2n) is 2.43. The topological polar surface area (TPSA) is 42.8 Å². The first-order chi connectivity index (χ1) is 4.61. The number of nitrogen functional groups attached to an aromatic ring is 1. The highest BCUT2D eigenvalue weighted by Crippen LogP contribution is 1.96. The van der Waals surface area contributed by atoms with Crippen LogP contribution in [0, 0.1) is 13.8 Å². The Labute approximate surface area is 60.5 Å². The molecule has 1 aromatic rings. The van der Waals surface area contributed by atoms with Crippen molar-refractivity contribution in [3.63, 3.8) is 0 Å². The SMILES string of the molecule is Cc1cc(N)nc(C)[n+]1C. The Morgan fingerprint density at radius 1 is 1.50 bits per heavy atom. The van der Waals surface area contributed by atoms with Gasteiger partial charge in [0.2, 0.25) is 5.82 Å². The molecule has 0 bridgehead atoms. The molecule has 0 atom stereocenters. The summed E-state index contributed by atoms with van der Waals surface area (Å²) in [5.41, 5.74) is 6.63. The number of hydrogen-bond acceptors (Lipinski definition) is 2. The summed E-state index contributed by atoms with van der Waals surface area (Å²) in [6, 6.07) is 1.85. The smallest absolute Gasteiger partial charge is 0.297 e. The number of nitrogens with two attached hydrogens (primary N) is 1. The first kappa shape index (κ1) is 6.99. The molecule has 1 heterocycles. The standard InChI is InChI=1S/C7H11N3/c1-5-4-7(8)9-6(2)10(5)3/h4,8H,1-3H3/p+1. The normalized spacial score (nSPS) is 9.90. The molecule has 0 aliphatic heterocycles. The maximum atomic E-state index is 5.50. The Balaban J connectivity index is 3.31. The van der Waals surface area contributed by atoms with Gasteiger partial charge in [0.15, 0.2) is 0 Å². The summed E-state index contributed by atoms with van der Waals surface area (Å²) < 4.78 is 2.00. The Bertz CT molecular complexity index is 232. The van der Waals surface area contributed by atoms with Gasteiger partial charge in [-0.3, -0.25) is 0 Å². The summed E-state index contributed by atoms with van der Waals surface area (Å²) >= 11 is 0. The van der Waals surface area contributed by atoms with Gasteiger partial charge in [-0.15, -0.1) is 0 Å². The molecule has 3 heteroatoms. The van der Waals surface area contributed by atoms with Gasteiger partial charge in [-0.05, 0) is 11.9 Å². The zero-order chi connectivity index (χ0) is 7.72. The summed E-state index contributed by atoms with van der Waals surface area (Å²) in [6.07, 6.45) is 0. The van der Waals surface area contributed by atoms with Crippen LogP contribution in [0.5, 0.6) is 0 Å². The van der Waals surface area contributed by atoms with Crippen LogP contribution < -0.4 is 10.3 Å². The molecule has 0 unspecified atom stereocenters. The van der Waals surface area contributed by atoms with E-state index in [-0.39, 0.29) is 0 Å². The summed E-state index contributed by atoms with van der Waals surface area (Å²) in [5.74, 6) is 1.53. The lowest BCUT2D eigenvalue weighted by Gasteiger charge is -1.97. The van der Waals surface area contributed by atoms with Gasteiger partial charge in [0.05, 0.1) is 7.05 Å². The predicted octanol–water partition coefficient (Wildman–Crippen LogP) is 0.105. The van der Waals surface area contributed by atoms with Crippen LogP contribution in [-0.2, 0) is 7.05 Å². The Kier molecular flexibility index (Phi) is 1.57. The van der Waals surface area contributed by atoms with Crippen LogP contribution in [0.25, 0.3) is 0 Å². The van der Waals surface area contributed by atoms with E-state index >= 15 is 0 Å². The van der Waals surface area contributed by atoms with Gasteiger partial charge in [-0.25, -0.2) is 4.57 Å². The Hall–Kier alpha value is -1.12. The number of rotatable bonds is 0. The Morgan fingerprint density at radius 2 is 2.10 bits per heavy atom. The second kappa shape index (κ2) is 2.25. The highest BCUT2D eigenvalue weighted by atomic mass is 15.0. The third kappa shape index (κ3) is 1.07. The van der Waals surface area contributed by atoms with Gasteiger partial charge in [-0.2, -0.15) is 0 Å². The van der Waals surface area contributed by atoms with E-state index in [1.54, 1.807) is 0 Å². The van der Waals surface area contributed by atoms with Crippen molar-refractivity contribution < 1.29 is 4.57 Å². The van der Waals surface area contributed by atoms with Crippen molar-refractivity contribution in [2.75, 3.05) is 5.73 Å². The van der Waals surface area contributed by atoms with Crippen molar-refractivity contribution in [2.45, 2.75) is 13.8 Å². The third-order valence-corrected chi connectivity index (χ3v) is 1.66. The van der Waals surface area contributed by atoms with Crippen LogP contribution in [-0.4, -0.2) is 4.98 Å². The molecular formula is C7H12N3+. The van der Waals surface area contributed by atoms with E-state index in [0.29, 0.717) is 5.82 Å². The molecule has 0 saturated carbocycles. The molecule has 0 spiro atoms. The molecule has 0 amide bonds. The van der Waals surface area contributed by atoms with E-state index in [0.717, 1.165) is 11.5 Å². The second-order valence-corrected chi connectivity index (χ2v) is 2.43. The summed E-state index contributed by atoms with van der Waals surface area (Å²) in [6.45, 7) is 3.94. The lowest BCUT2D eigenvalue weighted by Crippen LogP contribution is -2.36. The monoisotopic (exact) mass is 138 g/mol. The maximum absolute atomic E-state index is 5.50. The minimum absolute atomic E-state index is 0.591. The lowest BCUT2D eigenvalue weighted by molar-refractivity contribution is -0.686. The number of anilines is 1. The average Bonchev–Trinajstić information content (AvgIpc) is 1.82. The lowest BCUT2D eigenvalue weighted by atomic mass is 10.4. The minimum atomic E-state index is 0.591. The average molecular weight is 138 g/mol. The molecule has 0 fully saturated rings. The van der Waals surface area contributed by atoms with Gasteiger partial charge in [0.25, 0.3) is 5.82 Å². The van der Waals surface area contributed by atoms with E-state index in [2.05, 4.69) is 4.98 Å². The molecule has 10 heavy (non-hydrogen) atoms. The fraction of sp³-hybridized carbons (Fsp3) is 0.429. The molecule has 3 nitrogen and oxygen atoms in total. The van der Waals surface area contributed by atoms with Crippen molar-refractivity contribution in [3.05, 3.63) is 17.6 Å². The van der Waals surface area contributed by atoms with Gasteiger partial charge < -0.3 is 5.73 Å². The van der Waals surface area contributed by atoms with Crippen LogP contribution in [0.4, 0.5) is 5.82 Å². The van der Waals surface area contributed by atoms with Crippen molar-refractivity contribution >= 4 is 5.82 Å². The van der Waals surface area contributed by atoms with Gasteiger partial charge >= 0.3 is 0 Å². The van der Waals surface area contributed by atoms with E-state index in [9.17, 15) is 0 Å². The third-order valence-electron chi connectivity index (χ3n) is 1.66. The van der Waals surface area contributed by atoms with Gasteiger partial charge in [-0.1, -0.05) is 0 Å². The Morgan fingerprint density at radius 3 is 2.60 bits per heavy atom. The van der Waals surface area contributed by atoms with E-state index in [1.165, 1.54) is 0 Å². The van der Waals surface area contributed by atoms with E-state index in [1.807, 2.05) is 31.5 Å². The van der Waals surface area contributed by atoms with E-state index in [4.69, 9.17) is 5.73 Å². The molecule has 54 valence electrons. The zero-order valence-electron chi connectivity index (χ0n) is 6.55. The first-order valence-electron chi connectivity index (χ1n) is 3.21. The number of aromatic nitrogens is 2. The molecule has 0 aliphatic rings. The van der Waals surface area contributed by atoms with Gasteiger partial charge in [0, 0.05) is 13.0 Å². The highest BCUT2D eigenvalue weighted by Gasteiger charge is 2.06. The summed E-state index contributed by atoms with van der Waals surface area (Å²) in [4.78, 5) is 4.07. The first-order valence-corrected chi connectivity index (χ1v) is 3.21. The van der Waals surface area contributed by atoms with Crippen molar-refractivity contribution in [1.29, 1.82) is 0 Å². The van der Waals surface area contributed by atoms with Gasteiger partial charge in [0.1, 0.15) is 5.69 Å². The summed E-state index contributed by atoms with van der Waals surface area (Å²) in [7, 11) is 1.97. The molecule has 0 radical (unpaired) electrons. The van der Waals surface area contributed by atoms with Crippen molar-refractivity contribution in [2.24, 2.45) is 7.05 Å². The van der Waals surface area contributed by atoms with Crippen LogP contribution in [0.3, 0.4) is 0 Å². The minimum Gasteiger partial charge on any atom is -0.363 e. The van der Waals surface area contributed by atoms with Crippen LogP contribution in [0.1, 0.15) is 11.5 Å². The molecule has 2 N–H and O–H groups in total. The summed E-state index contributed by atoms with van der Waals surface area (Å²) in [5, 5.41) is 0. The van der Waals surface area contributed by atoms with Crippen LogP contribution in [0.15, 0.2) is 6.07 Å². The number of hydrogen-bond donors (Lipinski definition) is 1. The molecule has 0 saturated heterocycles. The highest BCUT2D eigenvalue weighted by molar-refractivity contribution is 5.26. The quantitative estimate of drug-likeness (QED) is 0.517. The largest absolute Gasteiger partial charge is 0.363 e.